The van der Waals surface area contributed by atoms with Crippen LogP contribution in [0, 0.1) is 6.92 Å². The number of nitrogens with zero attached hydrogens (tertiary/aromatic N) is 4. The second-order valence-electron chi connectivity index (χ2n) is 2.98. The monoisotopic (exact) mass is 190 g/mol. The number of nitrogens with one attached hydrogen (secondary N) is 2. The number of rotatable bonds is 0. The highest BCUT2D eigenvalue weighted by atomic mass is 16.1. The average Bonchev–Trinajstić information content (AvgIpc) is 2.69. The minimum atomic E-state index is -0.322. The Labute approximate surface area is 76.8 Å². The lowest BCUT2D eigenvalue weighted by Gasteiger charge is -1.90. The lowest BCUT2D eigenvalue weighted by Crippen LogP contribution is -2.17. The van der Waals surface area contributed by atoms with Crippen molar-refractivity contribution in [2.24, 2.45) is 0 Å². The van der Waals surface area contributed by atoms with Gasteiger partial charge in [0.25, 0.3) is 0 Å². The summed E-state index contributed by atoms with van der Waals surface area (Å²) in [6, 6.07) is 0. The van der Waals surface area contributed by atoms with Crippen molar-refractivity contribution in [3.05, 3.63) is 22.5 Å². The maximum Gasteiger partial charge on any atom is 0.349 e. The summed E-state index contributed by atoms with van der Waals surface area (Å²) in [5, 5.41) is 11.2. The van der Waals surface area contributed by atoms with Gasteiger partial charge in [-0.15, -0.1) is 5.10 Å². The van der Waals surface area contributed by atoms with Crippen LogP contribution in [0.4, 0.5) is 0 Å². The summed E-state index contributed by atoms with van der Waals surface area (Å²) < 4.78 is 1.23. The minimum absolute atomic E-state index is 0.322. The van der Waals surface area contributed by atoms with Gasteiger partial charge in [0.2, 0.25) is 0 Å². The minimum Gasteiger partial charge on any atom is -0.290 e. The molecule has 0 aliphatic rings. The van der Waals surface area contributed by atoms with E-state index >= 15 is 0 Å². The second-order valence-corrected chi connectivity index (χ2v) is 2.98. The first-order valence-corrected chi connectivity index (χ1v) is 4.04. The Balaban J connectivity index is 2.73. The van der Waals surface area contributed by atoms with Crippen molar-refractivity contribution in [2.45, 2.75) is 6.92 Å². The molecule has 3 aromatic heterocycles. The number of fused-ring (bicyclic) bond motifs is 3. The van der Waals surface area contributed by atoms with Gasteiger partial charge in [-0.05, 0) is 6.92 Å². The molecule has 7 heteroatoms. The van der Waals surface area contributed by atoms with Crippen LogP contribution in [0.1, 0.15) is 5.82 Å². The molecule has 7 nitrogen and oxygen atoms in total. The van der Waals surface area contributed by atoms with Crippen molar-refractivity contribution in [2.75, 3.05) is 0 Å². The first-order valence-electron chi connectivity index (χ1n) is 4.04. The van der Waals surface area contributed by atoms with Crippen molar-refractivity contribution in [3.8, 4) is 0 Å². The number of H-pyrrole nitrogens is 2. The summed E-state index contributed by atoms with van der Waals surface area (Å²) >= 11 is 0. The predicted molar refractivity (Wildman–Crippen MR) is 48.0 cm³/mol. The van der Waals surface area contributed by atoms with E-state index in [0.29, 0.717) is 17.1 Å². The molecule has 2 N–H and O–H groups in total. The quantitative estimate of drug-likeness (QED) is 0.504. The molecule has 3 rings (SSSR count). The van der Waals surface area contributed by atoms with Crippen molar-refractivity contribution in [3.63, 3.8) is 0 Å². The SMILES string of the molecule is Cc1nc2c3cn[nH]c3[nH]c(=O)n2n1. The van der Waals surface area contributed by atoms with Crippen LogP contribution in [0.25, 0.3) is 16.7 Å². The molecule has 0 amide bonds. The van der Waals surface area contributed by atoms with E-state index in [-0.39, 0.29) is 5.69 Å². The summed E-state index contributed by atoms with van der Waals surface area (Å²) in [4.78, 5) is 18.2. The van der Waals surface area contributed by atoms with E-state index in [2.05, 4.69) is 25.3 Å². The Kier molecular flexibility index (Phi) is 1.13. The molecule has 0 saturated heterocycles. The lowest BCUT2D eigenvalue weighted by atomic mass is 10.4. The van der Waals surface area contributed by atoms with Crippen LogP contribution in [0.2, 0.25) is 0 Å². The molecule has 0 aliphatic heterocycles. The van der Waals surface area contributed by atoms with Gasteiger partial charge in [0.15, 0.2) is 5.65 Å². The number of hydrogen-bond donors (Lipinski definition) is 2. The summed E-state index contributed by atoms with van der Waals surface area (Å²) in [6.45, 7) is 1.73. The first-order chi connectivity index (χ1) is 6.75. The Hall–Kier alpha value is -2.18. The van der Waals surface area contributed by atoms with Crippen LogP contribution >= 0.6 is 0 Å². The van der Waals surface area contributed by atoms with Gasteiger partial charge in [-0.2, -0.15) is 9.61 Å². The van der Waals surface area contributed by atoms with E-state index < -0.39 is 0 Å². The molecule has 0 atom stereocenters. The third kappa shape index (κ3) is 0.754. The zero-order valence-corrected chi connectivity index (χ0v) is 7.27. The van der Waals surface area contributed by atoms with Crippen molar-refractivity contribution >= 4 is 16.7 Å². The number of aromatic nitrogens is 6. The largest absolute Gasteiger partial charge is 0.349 e. The molecule has 0 radical (unpaired) electrons. The number of hydrogen-bond acceptors (Lipinski definition) is 4. The Morgan fingerprint density at radius 1 is 1.50 bits per heavy atom. The molecule has 0 unspecified atom stereocenters. The molecule has 0 bridgehead atoms. The molecule has 3 heterocycles. The molecular formula is C7H6N6O. The third-order valence-electron chi connectivity index (χ3n) is 2.02. The lowest BCUT2D eigenvalue weighted by molar-refractivity contribution is 0.860. The summed E-state index contributed by atoms with van der Waals surface area (Å²) in [5.74, 6) is 0.559. The van der Waals surface area contributed by atoms with Crippen molar-refractivity contribution in [1.82, 2.24) is 29.8 Å². The fraction of sp³-hybridized carbons (Fsp3) is 0.143. The number of aryl methyl sites for hydroxylation is 1. The maximum atomic E-state index is 11.5. The fourth-order valence-corrected chi connectivity index (χ4v) is 1.44. The van der Waals surface area contributed by atoms with E-state index in [1.54, 1.807) is 13.1 Å². The van der Waals surface area contributed by atoms with E-state index in [4.69, 9.17) is 0 Å². The highest BCUT2D eigenvalue weighted by molar-refractivity contribution is 5.87. The topological polar surface area (TPSA) is 91.7 Å². The predicted octanol–water partition coefficient (Wildman–Crippen LogP) is -0.398. The Bertz CT molecular complexity index is 674. The first kappa shape index (κ1) is 7.25. The van der Waals surface area contributed by atoms with Crippen molar-refractivity contribution < 1.29 is 0 Å². The molecule has 0 fully saturated rings. The highest BCUT2D eigenvalue weighted by Crippen LogP contribution is 2.10. The Morgan fingerprint density at radius 3 is 3.21 bits per heavy atom. The number of aromatic amines is 2. The van der Waals surface area contributed by atoms with Gasteiger partial charge < -0.3 is 0 Å². The van der Waals surface area contributed by atoms with Gasteiger partial charge in [0, 0.05) is 0 Å². The molecule has 0 aromatic carbocycles. The van der Waals surface area contributed by atoms with Crippen LogP contribution in [0.15, 0.2) is 11.0 Å². The van der Waals surface area contributed by atoms with E-state index in [0.717, 1.165) is 5.39 Å². The van der Waals surface area contributed by atoms with Crippen LogP contribution in [-0.2, 0) is 0 Å². The van der Waals surface area contributed by atoms with Gasteiger partial charge in [-0.1, -0.05) is 0 Å². The molecule has 0 spiro atoms. The van der Waals surface area contributed by atoms with E-state index in [1.807, 2.05) is 0 Å². The highest BCUT2D eigenvalue weighted by Gasteiger charge is 2.09. The Morgan fingerprint density at radius 2 is 2.36 bits per heavy atom. The molecular weight excluding hydrogens is 184 g/mol. The summed E-state index contributed by atoms with van der Waals surface area (Å²) in [5.41, 5.74) is 0.766. The zero-order valence-electron chi connectivity index (χ0n) is 7.27. The van der Waals surface area contributed by atoms with Crippen LogP contribution in [0.3, 0.4) is 0 Å². The molecule has 0 saturated carbocycles. The normalized spacial score (nSPS) is 11.5. The van der Waals surface area contributed by atoms with Gasteiger partial charge in [0.05, 0.1) is 11.6 Å². The molecule has 14 heavy (non-hydrogen) atoms. The third-order valence-corrected chi connectivity index (χ3v) is 2.02. The summed E-state index contributed by atoms with van der Waals surface area (Å²) in [7, 11) is 0. The second kappa shape index (κ2) is 2.19. The smallest absolute Gasteiger partial charge is 0.290 e. The molecule has 0 aliphatic carbocycles. The maximum absolute atomic E-state index is 11.5. The molecule has 3 aromatic rings. The van der Waals surface area contributed by atoms with Gasteiger partial charge in [-0.3, -0.25) is 10.1 Å². The average molecular weight is 190 g/mol. The van der Waals surface area contributed by atoms with Crippen LogP contribution in [-0.4, -0.2) is 29.8 Å². The molecule has 70 valence electrons. The van der Waals surface area contributed by atoms with Gasteiger partial charge in [0.1, 0.15) is 11.5 Å². The zero-order chi connectivity index (χ0) is 9.71. The van der Waals surface area contributed by atoms with E-state index in [1.165, 1.54) is 4.52 Å². The van der Waals surface area contributed by atoms with E-state index in [9.17, 15) is 4.79 Å². The van der Waals surface area contributed by atoms with Gasteiger partial charge >= 0.3 is 5.69 Å². The fourth-order valence-electron chi connectivity index (χ4n) is 1.44. The van der Waals surface area contributed by atoms with Crippen LogP contribution in [0.5, 0.6) is 0 Å². The summed E-state index contributed by atoms with van der Waals surface area (Å²) in [6.07, 6.45) is 1.61. The van der Waals surface area contributed by atoms with Gasteiger partial charge in [-0.25, -0.2) is 9.78 Å². The standard InChI is InChI=1S/C7H6N6O/c1-3-9-6-4-2-8-11-5(4)10-7(14)13(6)12-3/h2H,1H3,(H2,8,10,11,14). The van der Waals surface area contributed by atoms with Crippen LogP contribution < -0.4 is 5.69 Å². The van der Waals surface area contributed by atoms with Crippen molar-refractivity contribution in [1.29, 1.82) is 0 Å².